The Balaban J connectivity index is 1.71. The van der Waals surface area contributed by atoms with E-state index < -0.39 is 28.1 Å². The van der Waals surface area contributed by atoms with Crippen molar-refractivity contribution in [2.24, 2.45) is 0 Å². The van der Waals surface area contributed by atoms with Crippen LogP contribution >= 0.6 is 0 Å². The van der Waals surface area contributed by atoms with Crippen molar-refractivity contribution in [2.45, 2.75) is 36.5 Å². The lowest BCUT2D eigenvalue weighted by molar-refractivity contribution is -0.143. The first kappa shape index (κ1) is 21.1. The van der Waals surface area contributed by atoms with E-state index in [1.165, 1.54) is 24.3 Å². The van der Waals surface area contributed by atoms with Gasteiger partial charge in [0.15, 0.2) is 0 Å². The van der Waals surface area contributed by atoms with E-state index >= 15 is 0 Å². The topological polar surface area (TPSA) is 113 Å². The summed E-state index contributed by atoms with van der Waals surface area (Å²) in [5.74, 6) is -0.000965. The lowest BCUT2D eigenvalue weighted by atomic mass is 10.0. The van der Waals surface area contributed by atoms with Crippen LogP contribution in [0.15, 0.2) is 53.4 Å². The van der Waals surface area contributed by atoms with Gasteiger partial charge >= 0.3 is 5.97 Å². The van der Waals surface area contributed by atoms with Crippen molar-refractivity contribution in [3.8, 4) is 11.5 Å². The summed E-state index contributed by atoms with van der Waals surface area (Å²) < 4.78 is 37.4. The summed E-state index contributed by atoms with van der Waals surface area (Å²) in [6.07, 6.45) is -0.563. The number of aliphatic hydroxyl groups excluding tert-OH is 1. The lowest BCUT2D eigenvalue weighted by Gasteiger charge is -2.34. The molecule has 0 aliphatic carbocycles. The number of carboxylic acids is 1. The summed E-state index contributed by atoms with van der Waals surface area (Å²) in [5, 5.41) is 19.2. The number of aliphatic hydroxyl groups is 1. The molecule has 0 saturated carbocycles. The third kappa shape index (κ3) is 4.87. The van der Waals surface area contributed by atoms with Crippen LogP contribution in [-0.2, 0) is 21.4 Å². The summed E-state index contributed by atoms with van der Waals surface area (Å²) in [4.78, 5) is 11.4. The Morgan fingerprint density at radius 2 is 1.69 bits per heavy atom. The van der Waals surface area contributed by atoms with Gasteiger partial charge in [-0.05, 0) is 54.8 Å². The summed E-state index contributed by atoms with van der Waals surface area (Å²) in [6.45, 7) is 0.0600. The van der Waals surface area contributed by atoms with E-state index in [9.17, 15) is 23.4 Å². The molecule has 3 rings (SSSR count). The third-order valence-corrected chi connectivity index (χ3v) is 6.68. The molecule has 1 saturated heterocycles. The van der Waals surface area contributed by atoms with Crippen LogP contribution in [0.25, 0.3) is 0 Å². The van der Waals surface area contributed by atoms with Gasteiger partial charge in [0.1, 0.15) is 24.1 Å². The second-order valence-electron chi connectivity index (χ2n) is 6.77. The van der Waals surface area contributed by atoms with Gasteiger partial charge in [-0.15, -0.1) is 0 Å². The van der Waals surface area contributed by atoms with Crippen molar-refractivity contribution in [3.05, 3.63) is 54.1 Å². The number of aliphatic carboxylic acids is 1. The number of nitrogens with zero attached hydrogens (tertiary/aromatic N) is 1. The highest BCUT2D eigenvalue weighted by Crippen LogP contribution is 2.27. The SMILES string of the molecule is COc1ccc(COc2ccc(S(=O)(=O)N3CC(O)CCC3C(=O)O)cc2)cc1. The number of hydrogen-bond acceptors (Lipinski definition) is 6. The van der Waals surface area contributed by atoms with Crippen LogP contribution in [0.4, 0.5) is 0 Å². The smallest absolute Gasteiger partial charge is 0.322 e. The van der Waals surface area contributed by atoms with Crippen molar-refractivity contribution in [1.82, 2.24) is 4.31 Å². The maximum absolute atomic E-state index is 12.9. The average Bonchev–Trinajstić information content (AvgIpc) is 2.72. The molecule has 0 spiro atoms. The fourth-order valence-corrected chi connectivity index (χ4v) is 4.81. The molecule has 1 heterocycles. The van der Waals surface area contributed by atoms with Crippen LogP contribution in [0.3, 0.4) is 0 Å². The summed E-state index contributed by atoms with van der Waals surface area (Å²) in [6, 6.07) is 12.0. The van der Waals surface area contributed by atoms with Gasteiger partial charge in [-0.25, -0.2) is 8.42 Å². The molecule has 156 valence electrons. The summed E-state index contributed by atoms with van der Waals surface area (Å²) in [5.41, 5.74) is 0.925. The maximum Gasteiger partial charge on any atom is 0.322 e. The summed E-state index contributed by atoms with van der Waals surface area (Å²) in [7, 11) is -2.47. The Hall–Kier alpha value is -2.62. The van der Waals surface area contributed by atoms with Crippen molar-refractivity contribution in [2.75, 3.05) is 13.7 Å². The number of rotatable bonds is 7. The van der Waals surface area contributed by atoms with Crippen LogP contribution < -0.4 is 9.47 Å². The molecular formula is C20H23NO7S. The number of piperidine rings is 1. The standard InChI is InChI=1S/C20H23NO7S/c1-27-16-5-2-14(3-6-16)13-28-17-7-9-18(10-8-17)29(25,26)21-12-15(22)4-11-19(21)20(23)24/h2-3,5-10,15,19,22H,4,11-13H2,1H3,(H,23,24). The van der Waals surface area contributed by atoms with E-state index in [0.717, 1.165) is 15.6 Å². The highest BCUT2D eigenvalue weighted by atomic mass is 32.2. The molecule has 2 unspecified atom stereocenters. The predicted molar refractivity (Wildman–Crippen MR) is 104 cm³/mol. The summed E-state index contributed by atoms with van der Waals surface area (Å²) >= 11 is 0. The molecule has 2 aromatic rings. The molecule has 0 aromatic heterocycles. The minimum atomic E-state index is -4.06. The number of methoxy groups -OCH3 is 1. The first-order valence-electron chi connectivity index (χ1n) is 9.10. The molecule has 9 heteroatoms. The van der Waals surface area contributed by atoms with Gasteiger partial charge in [0.2, 0.25) is 10.0 Å². The van der Waals surface area contributed by atoms with Gasteiger partial charge in [0.05, 0.1) is 18.1 Å². The van der Waals surface area contributed by atoms with E-state index in [1.54, 1.807) is 7.11 Å². The zero-order chi connectivity index (χ0) is 21.0. The zero-order valence-electron chi connectivity index (χ0n) is 15.9. The Morgan fingerprint density at radius 1 is 1.07 bits per heavy atom. The minimum absolute atomic E-state index is 0.0466. The largest absolute Gasteiger partial charge is 0.497 e. The van der Waals surface area contributed by atoms with Gasteiger partial charge in [-0.2, -0.15) is 4.31 Å². The molecule has 1 aliphatic rings. The number of benzene rings is 2. The van der Waals surface area contributed by atoms with Crippen LogP contribution in [0.5, 0.6) is 11.5 Å². The van der Waals surface area contributed by atoms with Crippen LogP contribution in [0, 0.1) is 0 Å². The highest BCUT2D eigenvalue weighted by molar-refractivity contribution is 7.89. The number of ether oxygens (including phenoxy) is 2. The Bertz CT molecular complexity index is 942. The maximum atomic E-state index is 12.9. The molecule has 1 aliphatic heterocycles. The number of carboxylic acid groups (broad SMARTS) is 1. The second-order valence-corrected chi connectivity index (χ2v) is 8.66. The van der Waals surface area contributed by atoms with E-state index in [4.69, 9.17) is 9.47 Å². The highest BCUT2D eigenvalue weighted by Gasteiger charge is 2.40. The second kappa shape index (κ2) is 8.81. The molecule has 0 amide bonds. The van der Waals surface area contributed by atoms with Gasteiger partial charge in [-0.3, -0.25) is 4.79 Å². The first-order chi connectivity index (χ1) is 13.8. The average molecular weight is 421 g/mol. The molecule has 2 atom stereocenters. The van der Waals surface area contributed by atoms with Crippen molar-refractivity contribution >= 4 is 16.0 Å². The predicted octanol–water partition coefficient (Wildman–Crippen LogP) is 1.87. The monoisotopic (exact) mass is 421 g/mol. The number of sulfonamides is 1. The van der Waals surface area contributed by atoms with E-state index in [-0.39, 0.29) is 24.3 Å². The lowest BCUT2D eigenvalue weighted by Crippen LogP contribution is -2.51. The quantitative estimate of drug-likeness (QED) is 0.702. The van der Waals surface area contributed by atoms with Gasteiger partial charge < -0.3 is 19.7 Å². The Labute approximate surface area is 169 Å². The van der Waals surface area contributed by atoms with Gasteiger partial charge in [0, 0.05) is 6.54 Å². The van der Waals surface area contributed by atoms with Crippen LogP contribution in [0.1, 0.15) is 18.4 Å². The molecule has 1 fully saturated rings. The number of carbonyl (C=O) groups is 1. The van der Waals surface area contributed by atoms with Crippen LogP contribution in [0.2, 0.25) is 0 Å². The molecule has 29 heavy (non-hydrogen) atoms. The van der Waals surface area contributed by atoms with Crippen molar-refractivity contribution in [3.63, 3.8) is 0 Å². The molecule has 0 bridgehead atoms. The van der Waals surface area contributed by atoms with Crippen molar-refractivity contribution in [1.29, 1.82) is 0 Å². The Morgan fingerprint density at radius 3 is 2.28 bits per heavy atom. The molecular weight excluding hydrogens is 398 g/mol. The van der Waals surface area contributed by atoms with E-state index in [1.807, 2.05) is 24.3 Å². The molecule has 0 radical (unpaired) electrons. The number of hydrogen-bond donors (Lipinski definition) is 2. The van der Waals surface area contributed by atoms with Gasteiger partial charge in [0.25, 0.3) is 0 Å². The molecule has 2 aromatic carbocycles. The van der Waals surface area contributed by atoms with E-state index in [2.05, 4.69) is 0 Å². The Kier molecular flexibility index (Phi) is 6.41. The van der Waals surface area contributed by atoms with Crippen molar-refractivity contribution < 1.29 is 32.9 Å². The molecule has 8 nitrogen and oxygen atoms in total. The fraction of sp³-hybridized carbons (Fsp3) is 0.350. The fourth-order valence-electron chi connectivity index (χ4n) is 3.16. The van der Waals surface area contributed by atoms with Gasteiger partial charge in [-0.1, -0.05) is 12.1 Å². The van der Waals surface area contributed by atoms with E-state index in [0.29, 0.717) is 12.4 Å². The third-order valence-electron chi connectivity index (χ3n) is 4.79. The minimum Gasteiger partial charge on any atom is -0.497 e. The number of β-amino-alcohol motifs (C(OH)–C–C–N with tert-alkyl or cyclic N) is 1. The molecule has 2 N–H and O–H groups in total. The zero-order valence-corrected chi connectivity index (χ0v) is 16.7. The normalized spacial score (nSPS) is 20.2. The van der Waals surface area contributed by atoms with Crippen LogP contribution in [-0.4, -0.2) is 54.7 Å². The first-order valence-corrected chi connectivity index (χ1v) is 10.5.